The Morgan fingerprint density at radius 2 is 2.31 bits per heavy atom. The summed E-state index contributed by atoms with van der Waals surface area (Å²) in [5.41, 5.74) is 0.971. The average Bonchev–Trinajstić information content (AvgIpc) is 2.82. The summed E-state index contributed by atoms with van der Waals surface area (Å²) in [7, 11) is 1.58. The standard InChI is InChI=1S/C13H19NO2/c1-9(11-6-4-8-14-11)10-5-3-7-12(16-2)13(10)15/h3,5,7,9,11,14-15H,4,6,8H2,1-2H3. The highest BCUT2D eigenvalue weighted by Crippen LogP contribution is 2.36. The maximum absolute atomic E-state index is 10.1. The zero-order chi connectivity index (χ0) is 11.5. The van der Waals surface area contributed by atoms with Gasteiger partial charge in [-0.2, -0.15) is 0 Å². The number of ether oxygens (including phenoxy) is 1. The molecule has 1 aromatic rings. The first-order chi connectivity index (χ1) is 7.74. The summed E-state index contributed by atoms with van der Waals surface area (Å²) < 4.78 is 5.13. The van der Waals surface area contributed by atoms with Crippen molar-refractivity contribution in [3.05, 3.63) is 23.8 Å². The third-order valence-corrected chi connectivity index (χ3v) is 3.44. The number of para-hydroxylation sites is 1. The molecule has 0 saturated carbocycles. The maximum atomic E-state index is 10.1. The van der Waals surface area contributed by atoms with Crippen molar-refractivity contribution >= 4 is 0 Å². The number of hydrogen-bond donors (Lipinski definition) is 2. The van der Waals surface area contributed by atoms with E-state index in [1.807, 2.05) is 12.1 Å². The largest absolute Gasteiger partial charge is 0.504 e. The quantitative estimate of drug-likeness (QED) is 0.822. The summed E-state index contributed by atoms with van der Waals surface area (Å²) in [5.74, 6) is 1.16. The van der Waals surface area contributed by atoms with Gasteiger partial charge in [-0.25, -0.2) is 0 Å². The van der Waals surface area contributed by atoms with Crippen molar-refractivity contribution in [2.24, 2.45) is 0 Å². The Labute approximate surface area is 96.4 Å². The molecule has 2 atom stereocenters. The van der Waals surface area contributed by atoms with Gasteiger partial charge in [0.15, 0.2) is 11.5 Å². The SMILES string of the molecule is COc1cccc(C(C)C2CCCN2)c1O. The Bertz CT molecular complexity index is 359. The van der Waals surface area contributed by atoms with E-state index in [2.05, 4.69) is 12.2 Å². The summed E-state index contributed by atoms with van der Waals surface area (Å²) >= 11 is 0. The van der Waals surface area contributed by atoms with Crippen LogP contribution in [0.15, 0.2) is 18.2 Å². The second-order valence-corrected chi connectivity index (χ2v) is 4.39. The van der Waals surface area contributed by atoms with Gasteiger partial charge in [0, 0.05) is 17.5 Å². The molecule has 2 N–H and O–H groups in total. The van der Waals surface area contributed by atoms with Crippen molar-refractivity contribution in [2.75, 3.05) is 13.7 Å². The molecule has 1 saturated heterocycles. The van der Waals surface area contributed by atoms with Crippen molar-refractivity contribution in [3.63, 3.8) is 0 Å². The highest BCUT2D eigenvalue weighted by atomic mass is 16.5. The zero-order valence-electron chi connectivity index (χ0n) is 9.86. The van der Waals surface area contributed by atoms with Gasteiger partial charge in [0.1, 0.15) is 0 Å². The minimum absolute atomic E-state index is 0.284. The monoisotopic (exact) mass is 221 g/mol. The molecule has 1 aliphatic rings. The van der Waals surface area contributed by atoms with Crippen LogP contribution in [-0.4, -0.2) is 24.8 Å². The molecular formula is C13H19NO2. The fraction of sp³-hybridized carbons (Fsp3) is 0.538. The fourth-order valence-electron chi connectivity index (χ4n) is 2.43. The van der Waals surface area contributed by atoms with E-state index in [0.29, 0.717) is 17.7 Å². The molecule has 1 aromatic carbocycles. The summed E-state index contributed by atoms with van der Waals surface area (Å²) in [6, 6.07) is 6.16. The van der Waals surface area contributed by atoms with Crippen LogP contribution in [0.5, 0.6) is 11.5 Å². The Morgan fingerprint density at radius 3 is 2.94 bits per heavy atom. The Morgan fingerprint density at radius 1 is 1.50 bits per heavy atom. The molecule has 0 aromatic heterocycles. The maximum Gasteiger partial charge on any atom is 0.161 e. The highest BCUT2D eigenvalue weighted by molar-refractivity contribution is 5.47. The van der Waals surface area contributed by atoms with Crippen LogP contribution in [0.3, 0.4) is 0 Å². The molecule has 88 valence electrons. The molecular weight excluding hydrogens is 202 g/mol. The molecule has 16 heavy (non-hydrogen) atoms. The summed E-state index contributed by atoms with van der Waals surface area (Å²) in [5, 5.41) is 13.5. The number of rotatable bonds is 3. The first-order valence-corrected chi connectivity index (χ1v) is 5.83. The molecule has 2 rings (SSSR count). The number of phenolic OH excluding ortho intramolecular Hbond substituents is 1. The van der Waals surface area contributed by atoms with E-state index in [1.165, 1.54) is 12.8 Å². The molecule has 2 unspecified atom stereocenters. The Kier molecular flexibility index (Phi) is 3.34. The number of nitrogens with one attached hydrogen (secondary N) is 1. The highest BCUT2D eigenvalue weighted by Gasteiger charge is 2.24. The summed E-state index contributed by atoms with van der Waals surface area (Å²) in [4.78, 5) is 0. The zero-order valence-corrected chi connectivity index (χ0v) is 9.86. The van der Waals surface area contributed by atoms with Crippen LogP contribution in [0, 0.1) is 0 Å². The number of methoxy groups -OCH3 is 1. The van der Waals surface area contributed by atoms with Crippen LogP contribution < -0.4 is 10.1 Å². The molecule has 0 amide bonds. The molecule has 1 aliphatic heterocycles. The molecule has 0 aliphatic carbocycles. The number of benzene rings is 1. The lowest BCUT2D eigenvalue weighted by Crippen LogP contribution is -2.27. The van der Waals surface area contributed by atoms with Gasteiger partial charge in [0.05, 0.1) is 7.11 Å². The van der Waals surface area contributed by atoms with E-state index in [1.54, 1.807) is 13.2 Å². The van der Waals surface area contributed by atoms with Crippen molar-refractivity contribution in [1.82, 2.24) is 5.32 Å². The minimum atomic E-state index is 0.284. The number of phenols is 1. The van der Waals surface area contributed by atoms with Crippen molar-refractivity contribution in [3.8, 4) is 11.5 Å². The summed E-state index contributed by atoms with van der Waals surface area (Å²) in [6.45, 7) is 3.23. The number of aromatic hydroxyl groups is 1. The van der Waals surface area contributed by atoms with E-state index in [4.69, 9.17) is 4.74 Å². The smallest absolute Gasteiger partial charge is 0.161 e. The van der Waals surface area contributed by atoms with Crippen molar-refractivity contribution in [1.29, 1.82) is 0 Å². The molecule has 0 spiro atoms. The molecule has 3 heteroatoms. The van der Waals surface area contributed by atoms with Gasteiger partial charge in [0.2, 0.25) is 0 Å². The third-order valence-electron chi connectivity index (χ3n) is 3.44. The van der Waals surface area contributed by atoms with Gasteiger partial charge in [-0.3, -0.25) is 0 Å². The molecule has 0 radical (unpaired) electrons. The van der Waals surface area contributed by atoms with Gasteiger partial charge < -0.3 is 15.2 Å². The van der Waals surface area contributed by atoms with E-state index < -0.39 is 0 Å². The van der Waals surface area contributed by atoms with Crippen molar-refractivity contribution < 1.29 is 9.84 Å². The lowest BCUT2D eigenvalue weighted by Gasteiger charge is -2.21. The van der Waals surface area contributed by atoms with Gasteiger partial charge in [-0.1, -0.05) is 19.1 Å². The van der Waals surface area contributed by atoms with Crippen LogP contribution in [0.1, 0.15) is 31.2 Å². The lowest BCUT2D eigenvalue weighted by molar-refractivity contribution is 0.365. The van der Waals surface area contributed by atoms with E-state index >= 15 is 0 Å². The summed E-state index contributed by atoms with van der Waals surface area (Å²) in [6.07, 6.45) is 2.40. The fourth-order valence-corrected chi connectivity index (χ4v) is 2.43. The Hall–Kier alpha value is -1.22. The lowest BCUT2D eigenvalue weighted by atomic mass is 9.91. The second kappa shape index (κ2) is 4.74. The van der Waals surface area contributed by atoms with Gasteiger partial charge >= 0.3 is 0 Å². The normalized spacial score (nSPS) is 22.0. The third kappa shape index (κ3) is 2.00. The second-order valence-electron chi connectivity index (χ2n) is 4.39. The molecule has 1 fully saturated rings. The molecule has 1 heterocycles. The van der Waals surface area contributed by atoms with Crippen LogP contribution in [0.2, 0.25) is 0 Å². The van der Waals surface area contributed by atoms with Crippen LogP contribution in [0.25, 0.3) is 0 Å². The van der Waals surface area contributed by atoms with Gasteiger partial charge in [-0.15, -0.1) is 0 Å². The van der Waals surface area contributed by atoms with E-state index in [0.717, 1.165) is 12.1 Å². The average molecular weight is 221 g/mol. The predicted molar refractivity (Wildman–Crippen MR) is 64.1 cm³/mol. The van der Waals surface area contributed by atoms with Crippen molar-refractivity contribution in [2.45, 2.75) is 31.7 Å². The first-order valence-electron chi connectivity index (χ1n) is 5.83. The first kappa shape index (κ1) is 11.3. The van der Waals surface area contributed by atoms with E-state index in [-0.39, 0.29) is 5.75 Å². The Balaban J connectivity index is 2.25. The van der Waals surface area contributed by atoms with Gasteiger partial charge in [0.25, 0.3) is 0 Å². The predicted octanol–water partition coefficient (Wildman–Crippen LogP) is 2.26. The van der Waals surface area contributed by atoms with Crippen LogP contribution >= 0.6 is 0 Å². The molecule has 3 nitrogen and oxygen atoms in total. The van der Waals surface area contributed by atoms with E-state index in [9.17, 15) is 5.11 Å². The van der Waals surface area contributed by atoms with Gasteiger partial charge in [-0.05, 0) is 25.5 Å². The van der Waals surface area contributed by atoms with Crippen LogP contribution in [-0.2, 0) is 0 Å². The molecule has 0 bridgehead atoms. The topological polar surface area (TPSA) is 41.5 Å². The number of hydrogen-bond acceptors (Lipinski definition) is 3. The minimum Gasteiger partial charge on any atom is -0.504 e. The van der Waals surface area contributed by atoms with Crippen LogP contribution in [0.4, 0.5) is 0 Å².